The number of hydrogen-bond acceptors (Lipinski definition) is 4. The number of anilines is 4. The maximum absolute atomic E-state index is 6.78. The normalized spacial score (nSPS) is 12.8. The van der Waals surface area contributed by atoms with E-state index in [0.29, 0.717) is 11.5 Å². The van der Waals surface area contributed by atoms with Gasteiger partial charge in [0.25, 0.3) is 0 Å². The van der Waals surface area contributed by atoms with Gasteiger partial charge in [0, 0.05) is 66.9 Å². The van der Waals surface area contributed by atoms with Crippen molar-refractivity contribution in [1.29, 1.82) is 0 Å². The minimum absolute atomic E-state index is 0. The van der Waals surface area contributed by atoms with Crippen LogP contribution in [0, 0.1) is 18.8 Å². The third-order valence-electron chi connectivity index (χ3n) is 13.8. The molecule has 0 amide bonds. The molecule has 0 unspecified atom stereocenters. The molecule has 1 aliphatic heterocycles. The van der Waals surface area contributed by atoms with Crippen LogP contribution in [0.4, 0.5) is 22.7 Å². The van der Waals surface area contributed by atoms with Crippen molar-refractivity contribution in [3.63, 3.8) is 0 Å². The number of aromatic nitrogens is 2. The first-order chi connectivity index (χ1) is 34.1. The predicted octanol–water partition coefficient (Wildman–Crippen LogP) is 17.9. The van der Waals surface area contributed by atoms with Crippen molar-refractivity contribution >= 4 is 44.6 Å². The maximum Gasteiger partial charge on any atom is 0.135 e. The average Bonchev–Trinajstić information content (AvgIpc) is 3.92. The SMILES string of the molecule is CC(C)(C)c1cc(N2[CH-]N(c3[c-]c(Oc4[c-]c5c(cc4)c4ccccc4n5-c4cc(C(C)(C)C)ccn4)ccc3)c3cccc(-c4c(-c5ccccc5)cccc4-c4ccccc4)c32)cc(C(C)(C)C)c1.[Pt]. The molecule has 362 valence electrons. The minimum atomic E-state index is -0.0844. The van der Waals surface area contributed by atoms with Gasteiger partial charge in [-0.1, -0.05) is 183 Å². The molecule has 0 bridgehead atoms. The predicted molar refractivity (Wildman–Crippen MR) is 297 cm³/mol. The van der Waals surface area contributed by atoms with Crippen LogP contribution in [0.25, 0.3) is 61.0 Å². The van der Waals surface area contributed by atoms with Gasteiger partial charge in [0.15, 0.2) is 0 Å². The van der Waals surface area contributed by atoms with Gasteiger partial charge in [-0.3, -0.25) is 0 Å². The number of rotatable bonds is 8. The molecule has 0 saturated carbocycles. The van der Waals surface area contributed by atoms with Crippen molar-refractivity contribution in [3.05, 3.63) is 224 Å². The molecule has 8 aromatic carbocycles. The Balaban J connectivity index is 0.00000596. The van der Waals surface area contributed by atoms with E-state index < -0.39 is 0 Å². The van der Waals surface area contributed by atoms with Crippen LogP contribution in [-0.2, 0) is 37.3 Å². The van der Waals surface area contributed by atoms with E-state index >= 15 is 0 Å². The molecule has 6 heteroatoms. The van der Waals surface area contributed by atoms with Crippen LogP contribution in [0.15, 0.2) is 188 Å². The molecular formula is C66H59N4OPt-3. The second-order valence-electron chi connectivity index (χ2n) is 21.9. The van der Waals surface area contributed by atoms with Crippen molar-refractivity contribution in [2.24, 2.45) is 0 Å². The van der Waals surface area contributed by atoms with E-state index in [9.17, 15) is 0 Å². The molecule has 5 nitrogen and oxygen atoms in total. The molecule has 72 heavy (non-hydrogen) atoms. The molecule has 10 aromatic rings. The largest absolute Gasteiger partial charge is 0.509 e. The Morgan fingerprint density at radius 1 is 0.486 bits per heavy atom. The molecule has 3 heterocycles. The van der Waals surface area contributed by atoms with Crippen molar-refractivity contribution < 1.29 is 25.8 Å². The summed E-state index contributed by atoms with van der Waals surface area (Å²) >= 11 is 0. The topological polar surface area (TPSA) is 33.5 Å². The van der Waals surface area contributed by atoms with Gasteiger partial charge in [0.1, 0.15) is 5.82 Å². The van der Waals surface area contributed by atoms with Crippen LogP contribution in [0.5, 0.6) is 11.5 Å². The van der Waals surface area contributed by atoms with Crippen LogP contribution >= 0.6 is 0 Å². The van der Waals surface area contributed by atoms with Gasteiger partial charge >= 0.3 is 0 Å². The Bertz CT molecular complexity index is 3520. The third-order valence-corrected chi connectivity index (χ3v) is 13.8. The zero-order chi connectivity index (χ0) is 49.2. The van der Waals surface area contributed by atoms with E-state index in [0.717, 1.165) is 67.1 Å². The number of hydrogen-bond donors (Lipinski definition) is 0. The van der Waals surface area contributed by atoms with Crippen LogP contribution in [0.3, 0.4) is 0 Å². The molecule has 0 atom stereocenters. The van der Waals surface area contributed by atoms with Gasteiger partial charge in [-0.15, -0.1) is 48.1 Å². The number of para-hydroxylation sites is 2. The van der Waals surface area contributed by atoms with E-state index in [-0.39, 0.29) is 37.3 Å². The molecule has 0 radical (unpaired) electrons. The molecule has 0 aliphatic carbocycles. The van der Waals surface area contributed by atoms with E-state index in [2.05, 4.69) is 265 Å². The second kappa shape index (κ2) is 18.8. The molecule has 11 rings (SSSR count). The van der Waals surface area contributed by atoms with Gasteiger partial charge in [0.2, 0.25) is 0 Å². The molecule has 0 N–H and O–H groups in total. The van der Waals surface area contributed by atoms with Gasteiger partial charge in [-0.2, -0.15) is 12.1 Å². The zero-order valence-electron chi connectivity index (χ0n) is 42.5. The fourth-order valence-corrected chi connectivity index (χ4v) is 9.91. The number of fused-ring (bicyclic) bond motifs is 4. The summed E-state index contributed by atoms with van der Waals surface area (Å²) in [5.41, 5.74) is 16.6. The molecule has 1 aliphatic rings. The van der Waals surface area contributed by atoms with Crippen LogP contribution < -0.4 is 14.5 Å². The second-order valence-corrected chi connectivity index (χ2v) is 21.9. The van der Waals surface area contributed by atoms with E-state index in [4.69, 9.17) is 9.72 Å². The van der Waals surface area contributed by atoms with Gasteiger partial charge in [-0.25, -0.2) is 4.98 Å². The van der Waals surface area contributed by atoms with E-state index in [1.807, 2.05) is 18.3 Å². The van der Waals surface area contributed by atoms with Crippen LogP contribution in [0.2, 0.25) is 0 Å². The monoisotopic (exact) mass is 1120 g/mol. The number of ether oxygens (including phenoxy) is 1. The van der Waals surface area contributed by atoms with Crippen LogP contribution in [-0.4, -0.2) is 9.55 Å². The average molecular weight is 1120 g/mol. The quantitative estimate of drug-likeness (QED) is 0.142. The summed E-state index contributed by atoms with van der Waals surface area (Å²) in [4.78, 5) is 9.55. The Hall–Kier alpha value is -7.20. The van der Waals surface area contributed by atoms with E-state index in [1.54, 1.807) is 0 Å². The number of nitrogens with zero attached hydrogens (tertiary/aromatic N) is 4. The minimum Gasteiger partial charge on any atom is -0.509 e. The molecule has 2 aromatic heterocycles. The first-order valence-electron chi connectivity index (χ1n) is 24.7. The standard InChI is InChI=1S/C66H59N4O.Pt/c1-64(2,3)46-35-36-67-61(40-46)70-58-31-17-16-27-55(58)56-34-33-52(42-60(56)70)71-51-26-18-25-49(41-51)68-43-69(50-38-47(65(4,5)6)37-48(39-50)66(7,8)9)63-57(30-20-32-59(63)68)62-53(44-21-12-10-13-22-44)28-19-29-54(62)45-23-14-11-15-24-45;/h10-40,43H,1-9H3;/q-3;. The van der Waals surface area contributed by atoms with Crippen molar-refractivity contribution in [2.45, 2.75) is 78.6 Å². The van der Waals surface area contributed by atoms with Gasteiger partial charge in [0.05, 0.1) is 0 Å². The fraction of sp³-hybridized carbons (Fsp3) is 0.182. The number of pyridine rings is 1. The Kier molecular flexibility index (Phi) is 12.6. The molecular weight excluding hydrogens is 1060 g/mol. The van der Waals surface area contributed by atoms with Crippen molar-refractivity contribution in [2.75, 3.05) is 9.80 Å². The fourth-order valence-electron chi connectivity index (χ4n) is 9.91. The van der Waals surface area contributed by atoms with Gasteiger partial charge in [-0.05, 0) is 103 Å². The summed E-state index contributed by atoms with van der Waals surface area (Å²) in [5, 5.41) is 2.22. The maximum atomic E-state index is 6.78. The Morgan fingerprint density at radius 3 is 1.72 bits per heavy atom. The Labute approximate surface area is 440 Å². The first kappa shape index (κ1) is 48.4. The molecule has 0 fully saturated rings. The summed E-state index contributed by atoms with van der Waals surface area (Å²) in [6.45, 7) is 22.7. The number of benzene rings is 8. The molecule has 0 saturated heterocycles. The molecule has 0 spiro atoms. The van der Waals surface area contributed by atoms with E-state index in [1.165, 1.54) is 33.4 Å². The Morgan fingerprint density at radius 2 is 1.07 bits per heavy atom. The van der Waals surface area contributed by atoms with Crippen molar-refractivity contribution in [3.8, 4) is 50.7 Å². The summed E-state index contributed by atoms with van der Waals surface area (Å²) < 4.78 is 8.98. The smallest absolute Gasteiger partial charge is 0.135 e. The summed E-state index contributed by atoms with van der Waals surface area (Å²) in [7, 11) is 0. The van der Waals surface area contributed by atoms with Gasteiger partial charge < -0.3 is 19.1 Å². The summed E-state index contributed by atoms with van der Waals surface area (Å²) in [5.74, 6) is 2.03. The van der Waals surface area contributed by atoms with Crippen molar-refractivity contribution in [1.82, 2.24) is 9.55 Å². The summed E-state index contributed by atoms with van der Waals surface area (Å²) in [6.07, 6.45) is 1.91. The summed E-state index contributed by atoms with van der Waals surface area (Å²) in [6, 6.07) is 72.5. The van der Waals surface area contributed by atoms with Crippen LogP contribution in [0.1, 0.15) is 79.0 Å². The first-order valence-corrected chi connectivity index (χ1v) is 24.7. The third kappa shape index (κ3) is 9.05. The zero-order valence-corrected chi connectivity index (χ0v) is 44.8.